The van der Waals surface area contributed by atoms with Gasteiger partial charge in [0.1, 0.15) is 17.7 Å². The third-order valence-electron chi connectivity index (χ3n) is 6.76. The maximum atomic E-state index is 12.6. The first-order valence-corrected chi connectivity index (χ1v) is 12.4. The fraction of sp³-hybridized carbons (Fsp3) is 0.577. The van der Waals surface area contributed by atoms with Crippen LogP contribution in [-0.4, -0.2) is 45.8 Å². The van der Waals surface area contributed by atoms with Gasteiger partial charge in [-0.1, -0.05) is 33.6 Å². The van der Waals surface area contributed by atoms with Crippen LogP contribution in [0.25, 0.3) is 0 Å². The van der Waals surface area contributed by atoms with E-state index in [0.717, 1.165) is 50.2 Å². The molecule has 8 heteroatoms. The summed E-state index contributed by atoms with van der Waals surface area (Å²) in [6.45, 7) is 7.79. The lowest BCUT2D eigenvalue weighted by Crippen LogP contribution is -2.43. The van der Waals surface area contributed by atoms with E-state index in [1.54, 1.807) is 4.68 Å². The Bertz CT molecular complexity index is 994. The Morgan fingerprint density at radius 1 is 1.00 bits per heavy atom. The van der Waals surface area contributed by atoms with E-state index in [0.29, 0.717) is 17.4 Å². The molecule has 2 aromatic rings. The van der Waals surface area contributed by atoms with Crippen molar-refractivity contribution in [2.75, 3.05) is 23.7 Å². The topological polar surface area (TPSA) is 88.5 Å². The maximum absolute atomic E-state index is 12.6. The van der Waals surface area contributed by atoms with E-state index >= 15 is 0 Å². The van der Waals surface area contributed by atoms with Crippen LogP contribution in [0.15, 0.2) is 30.3 Å². The highest BCUT2D eigenvalue weighted by Crippen LogP contribution is 2.29. The Hall–Kier alpha value is -3.03. The number of piperidine rings is 1. The Labute approximate surface area is 202 Å². The number of likely N-dealkylation sites (tertiary alicyclic amines) is 1. The van der Waals surface area contributed by atoms with Gasteiger partial charge in [0, 0.05) is 56.1 Å². The van der Waals surface area contributed by atoms with Gasteiger partial charge in [0.15, 0.2) is 0 Å². The zero-order chi connectivity index (χ0) is 24.3. The van der Waals surface area contributed by atoms with Crippen molar-refractivity contribution in [3.63, 3.8) is 0 Å². The molecular weight excluding hydrogens is 430 g/mol. The number of rotatable bonds is 5. The fourth-order valence-corrected chi connectivity index (χ4v) is 4.66. The van der Waals surface area contributed by atoms with Gasteiger partial charge in [-0.15, -0.1) is 0 Å². The van der Waals surface area contributed by atoms with Crippen molar-refractivity contribution in [3.05, 3.63) is 36.0 Å². The van der Waals surface area contributed by atoms with Crippen LogP contribution in [0, 0.1) is 5.92 Å². The second kappa shape index (κ2) is 10.1. The molecule has 0 unspecified atom stereocenters. The van der Waals surface area contributed by atoms with E-state index in [2.05, 4.69) is 36.5 Å². The summed E-state index contributed by atoms with van der Waals surface area (Å²) >= 11 is 0. The number of benzene rings is 1. The van der Waals surface area contributed by atoms with E-state index in [1.807, 2.05) is 42.3 Å². The number of carbonyl (C=O) groups excluding carboxylic acids is 2. The highest BCUT2D eigenvalue weighted by Gasteiger charge is 2.30. The molecule has 0 bridgehead atoms. The van der Waals surface area contributed by atoms with E-state index in [-0.39, 0.29) is 23.5 Å². The molecule has 2 aliphatic rings. The summed E-state index contributed by atoms with van der Waals surface area (Å²) in [6.07, 6.45) is 6.27. The van der Waals surface area contributed by atoms with Gasteiger partial charge in [0.25, 0.3) is 0 Å². The molecule has 1 aliphatic heterocycles. The Kier molecular flexibility index (Phi) is 7.14. The second-order valence-corrected chi connectivity index (χ2v) is 10.5. The van der Waals surface area contributed by atoms with E-state index in [1.165, 1.54) is 12.8 Å². The number of nitrogens with zero attached hydrogens (tertiary/aromatic N) is 3. The predicted octanol–water partition coefficient (Wildman–Crippen LogP) is 4.92. The molecule has 1 aromatic carbocycles. The van der Waals surface area contributed by atoms with Gasteiger partial charge in [-0.2, -0.15) is 5.10 Å². The number of hydrogen-bond donors (Lipinski definition) is 2. The molecule has 8 nitrogen and oxygen atoms in total. The molecule has 34 heavy (non-hydrogen) atoms. The first kappa shape index (κ1) is 24.1. The smallest absolute Gasteiger partial charge is 0.324 e. The van der Waals surface area contributed by atoms with Crippen molar-refractivity contribution in [2.45, 2.75) is 70.8 Å². The van der Waals surface area contributed by atoms with Crippen LogP contribution in [0.2, 0.25) is 0 Å². The number of anilines is 2. The highest BCUT2D eigenvalue weighted by atomic mass is 16.5. The second-order valence-electron chi connectivity index (χ2n) is 10.5. The standard InChI is InChI=1S/C26H37N5O3/c1-26(2,3)22-17-23(30(4)29-22)28-25(33)27-19-9-11-20(12-10-19)34-21-13-15-31(16-14-21)24(32)18-7-5-6-8-18/h9-12,17-18,21H,5-8,13-16H2,1-4H3,(H2,27,28,33). The van der Waals surface area contributed by atoms with Crippen LogP contribution in [0.5, 0.6) is 5.75 Å². The van der Waals surface area contributed by atoms with Gasteiger partial charge in [0.2, 0.25) is 5.91 Å². The van der Waals surface area contributed by atoms with Crippen molar-refractivity contribution in [3.8, 4) is 5.75 Å². The number of aromatic nitrogens is 2. The van der Waals surface area contributed by atoms with E-state index in [9.17, 15) is 9.59 Å². The number of ether oxygens (including phenoxy) is 1. The van der Waals surface area contributed by atoms with Crippen molar-refractivity contribution in [2.24, 2.45) is 13.0 Å². The lowest BCUT2D eigenvalue weighted by molar-refractivity contribution is -0.137. The summed E-state index contributed by atoms with van der Waals surface area (Å²) in [6, 6.07) is 8.97. The molecule has 0 radical (unpaired) electrons. The van der Waals surface area contributed by atoms with E-state index < -0.39 is 0 Å². The SMILES string of the molecule is Cn1nc(C(C)(C)C)cc1NC(=O)Nc1ccc(OC2CCN(C(=O)C3CCCC3)CC2)cc1. The number of nitrogens with one attached hydrogen (secondary N) is 2. The number of carbonyl (C=O) groups is 2. The molecular formula is C26H37N5O3. The summed E-state index contributed by atoms with van der Waals surface area (Å²) in [5.41, 5.74) is 1.51. The first-order valence-electron chi connectivity index (χ1n) is 12.4. The van der Waals surface area contributed by atoms with Crippen LogP contribution in [0.3, 0.4) is 0 Å². The molecule has 2 N–H and O–H groups in total. The minimum absolute atomic E-state index is 0.0912. The zero-order valence-electron chi connectivity index (χ0n) is 20.8. The molecule has 0 spiro atoms. The monoisotopic (exact) mass is 467 g/mol. The Morgan fingerprint density at radius 3 is 2.24 bits per heavy atom. The molecule has 1 aromatic heterocycles. The van der Waals surface area contributed by atoms with Crippen molar-refractivity contribution < 1.29 is 14.3 Å². The largest absolute Gasteiger partial charge is 0.490 e. The number of urea groups is 1. The molecule has 184 valence electrons. The molecule has 2 heterocycles. The highest BCUT2D eigenvalue weighted by molar-refractivity contribution is 5.99. The number of hydrogen-bond acceptors (Lipinski definition) is 4. The number of aryl methyl sites for hydroxylation is 1. The molecule has 1 saturated carbocycles. The molecule has 1 aliphatic carbocycles. The summed E-state index contributed by atoms with van der Waals surface area (Å²) in [5.74, 6) is 1.99. The van der Waals surface area contributed by atoms with Gasteiger partial charge in [-0.05, 0) is 37.1 Å². The van der Waals surface area contributed by atoms with Gasteiger partial charge in [0.05, 0.1) is 5.69 Å². The minimum atomic E-state index is -0.323. The van der Waals surface area contributed by atoms with Crippen LogP contribution in [0.1, 0.15) is 65.0 Å². The van der Waals surface area contributed by atoms with Crippen LogP contribution in [-0.2, 0) is 17.3 Å². The normalized spacial score (nSPS) is 17.6. The van der Waals surface area contributed by atoms with Crippen molar-refractivity contribution >= 4 is 23.4 Å². The summed E-state index contributed by atoms with van der Waals surface area (Å²) < 4.78 is 7.81. The minimum Gasteiger partial charge on any atom is -0.490 e. The molecule has 1 saturated heterocycles. The lowest BCUT2D eigenvalue weighted by Gasteiger charge is -2.33. The maximum Gasteiger partial charge on any atom is 0.324 e. The van der Waals surface area contributed by atoms with Crippen molar-refractivity contribution in [1.82, 2.24) is 14.7 Å². The summed E-state index contributed by atoms with van der Waals surface area (Å²) in [5, 5.41) is 10.2. The van der Waals surface area contributed by atoms with Gasteiger partial charge >= 0.3 is 6.03 Å². The van der Waals surface area contributed by atoms with Crippen molar-refractivity contribution in [1.29, 1.82) is 0 Å². The number of amides is 3. The predicted molar refractivity (Wildman–Crippen MR) is 133 cm³/mol. The lowest BCUT2D eigenvalue weighted by atomic mass is 9.92. The summed E-state index contributed by atoms with van der Waals surface area (Å²) in [4.78, 5) is 27.1. The first-order chi connectivity index (χ1) is 16.2. The zero-order valence-corrected chi connectivity index (χ0v) is 20.8. The Morgan fingerprint density at radius 2 is 1.65 bits per heavy atom. The Balaban J connectivity index is 1.24. The average Bonchev–Trinajstić information content (AvgIpc) is 3.46. The average molecular weight is 468 g/mol. The van der Waals surface area contributed by atoms with E-state index in [4.69, 9.17) is 4.74 Å². The van der Waals surface area contributed by atoms with Crippen LogP contribution in [0.4, 0.5) is 16.3 Å². The third-order valence-corrected chi connectivity index (χ3v) is 6.76. The third kappa shape index (κ3) is 5.90. The van der Waals surface area contributed by atoms with Crippen LogP contribution >= 0.6 is 0 Å². The van der Waals surface area contributed by atoms with Gasteiger partial charge in [-0.3, -0.25) is 14.8 Å². The fourth-order valence-electron chi connectivity index (χ4n) is 4.66. The van der Waals surface area contributed by atoms with Gasteiger partial charge in [-0.25, -0.2) is 4.79 Å². The van der Waals surface area contributed by atoms with Gasteiger partial charge < -0.3 is 15.0 Å². The molecule has 3 amide bonds. The molecule has 0 atom stereocenters. The molecule has 4 rings (SSSR count). The van der Waals surface area contributed by atoms with Crippen LogP contribution < -0.4 is 15.4 Å². The summed E-state index contributed by atoms with van der Waals surface area (Å²) in [7, 11) is 1.81. The molecule has 2 fully saturated rings. The quantitative estimate of drug-likeness (QED) is 0.653.